The minimum Gasteiger partial charge on any atom is -0.405 e. The maximum absolute atomic E-state index is 12.5. The third-order valence-corrected chi connectivity index (χ3v) is 1.99. The van der Waals surface area contributed by atoms with E-state index in [1.54, 1.807) is 6.07 Å². The predicted octanol–water partition coefficient (Wildman–Crippen LogP) is 2.82. The molecule has 17 heavy (non-hydrogen) atoms. The number of rotatable bonds is 3. The number of aromatic nitrogens is 1. The highest BCUT2D eigenvalue weighted by molar-refractivity contribution is 5.43. The number of aryl methyl sites for hydroxylation is 1. The summed E-state index contributed by atoms with van der Waals surface area (Å²) in [6.07, 6.45) is -4.19. The van der Waals surface area contributed by atoms with E-state index in [1.807, 2.05) is 0 Å². The molecule has 1 aromatic rings. The number of nitriles is 1. The molecule has 7 heteroatoms. The van der Waals surface area contributed by atoms with Gasteiger partial charge in [0.15, 0.2) is 0 Å². The molecule has 0 aromatic carbocycles. The molecular formula is C10H8F4N2O. The summed E-state index contributed by atoms with van der Waals surface area (Å²) < 4.78 is 52.8. The molecule has 0 saturated carbocycles. The Kier molecular flexibility index (Phi) is 3.89. The zero-order valence-corrected chi connectivity index (χ0v) is 8.81. The molecular weight excluding hydrogens is 240 g/mol. The number of ether oxygens (including phenoxy) is 1. The van der Waals surface area contributed by atoms with Gasteiger partial charge in [0.1, 0.15) is 12.4 Å². The van der Waals surface area contributed by atoms with Crippen LogP contribution in [0.2, 0.25) is 0 Å². The Morgan fingerprint density at radius 1 is 1.47 bits per heavy atom. The van der Waals surface area contributed by atoms with Crippen molar-refractivity contribution in [2.75, 3.05) is 0 Å². The molecule has 0 unspecified atom stereocenters. The molecule has 3 nitrogen and oxygen atoms in total. The fourth-order valence-electron chi connectivity index (χ4n) is 1.31. The van der Waals surface area contributed by atoms with Crippen LogP contribution in [-0.2, 0) is 13.1 Å². The molecule has 0 bridgehead atoms. The van der Waals surface area contributed by atoms with Gasteiger partial charge in [-0.05, 0) is 6.92 Å². The molecule has 92 valence electrons. The summed E-state index contributed by atoms with van der Waals surface area (Å²) in [5.41, 5.74) is -0.270. The summed E-state index contributed by atoms with van der Waals surface area (Å²) in [4.78, 5) is 3.63. The third kappa shape index (κ3) is 3.31. The summed E-state index contributed by atoms with van der Waals surface area (Å²) in [5.74, 6) is -0.540. The molecule has 0 radical (unpaired) electrons. The lowest BCUT2D eigenvalue weighted by atomic mass is 10.1. The van der Waals surface area contributed by atoms with E-state index in [0.717, 1.165) is 6.20 Å². The lowest BCUT2D eigenvalue weighted by Crippen LogP contribution is -2.19. The largest absolute Gasteiger partial charge is 0.573 e. The molecule has 0 amide bonds. The van der Waals surface area contributed by atoms with Gasteiger partial charge in [-0.1, -0.05) is 0 Å². The summed E-state index contributed by atoms with van der Waals surface area (Å²) in [7, 11) is 0. The smallest absolute Gasteiger partial charge is 0.405 e. The number of halogens is 4. The van der Waals surface area contributed by atoms with Crippen LogP contribution in [0.3, 0.4) is 0 Å². The summed E-state index contributed by atoms with van der Waals surface area (Å²) in [6, 6.07) is 1.66. The first kappa shape index (κ1) is 13.2. The molecule has 0 N–H and O–H groups in total. The molecule has 0 atom stereocenters. The standard InChI is InChI=1S/C10H8F4N2O/c1-6-5-16-8(4-11)7(2-3-15)9(6)17-10(12,13)14/h5H,2,4H2,1H3. The first-order valence-electron chi connectivity index (χ1n) is 4.55. The van der Waals surface area contributed by atoms with Gasteiger partial charge in [0.25, 0.3) is 0 Å². The molecule has 1 heterocycles. The summed E-state index contributed by atoms with van der Waals surface area (Å²) in [6.45, 7) is 0.294. The van der Waals surface area contributed by atoms with Crippen LogP contribution in [0.25, 0.3) is 0 Å². The number of hydrogen-bond donors (Lipinski definition) is 0. The number of hydrogen-bond acceptors (Lipinski definition) is 3. The van der Waals surface area contributed by atoms with Crippen molar-refractivity contribution in [2.24, 2.45) is 0 Å². The summed E-state index contributed by atoms with van der Waals surface area (Å²) in [5, 5.41) is 8.52. The van der Waals surface area contributed by atoms with E-state index in [9.17, 15) is 17.6 Å². The van der Waals surface area contributed by atoms with Crippen LogP contribution in [0, 0.1) is 18.3 Å². The quantitative estimate of drug-likeness (QED) is 0.772. The maximum atomic E-state index is 12.5. The van der Waals surface area contributed by atoms with Crippen molar-refractivity contribution in [3.8, 4) is 11.8 Å². The SMILES string of the molecule is Cc1cnc(CF)c(CC#N)c1OC(F)(F)F. The van der Waals surface area contributed by atoms with Gasteiger partial charge < -0.3 is 4.74 Å². The minimum atomic E-state index is -4.89. The van der Waals surface area contributed by atoms with Crippen LogP contribution in [-0.4, -0.2) is 11.3 Å². The molecule has 0 saturated heterocycles. The predicted molar refractivity (Wildman–Crippen MR) is 49.8 cm³/mol. The highest BCUT2D eigenvalue weighted by Gasteiger charge is 2.33. The van der Waals surface area contributed by atoms with E-state index in [2.05, 4.69) is 9.72 Å². The Morgan fingerprint density at radius 3 is 2.59 bits per heavy atom. The fourth-order valence-corrected chi connectivity index (χ4v) is 1.31. The van der Waals surface area contributed by atoms with Gasteiger partial charge in [0.05, 0.1) is 18.2 Å². The van der Waals surface area contributed by atoms with Crippen molar-refractivity contribution in [3.05, 3.63) is 23.0 Å². The van der Waals surface area contributed by atoms with E-state index >= 15 is 0 Å². The van der Waals surface area contributed by atoms with Crippen LogP contribution in [0.1, 0.15) is 16.8 Å². The zero-order valence-electron chi connectivity index (χ0n) is 8.81. The van der Waals surface area contributed by atoms with Gasteiger partial charge in [-0.3, -0.25) is 4.98 Å². The van der Waals surface area contributed by atoms with Gasteiger partial charge in [-0.2, -0.15) is 5.26 Å². The number of alkyl halides is 4. The second-order valence-corrected chi connectivity index (χ2v) is 3.21. The van der Waals surface area contributed by atoms with E-state index in [-0.39, 0.29) is 23.2 Å². The lowest BCUT2D eigenvalue weighted by Gasteiger charge is -2.15. The Bertz CT molecular complexity index is 451. The minimum absolute atomic E-state index is 0.102. The molecule has 0 aliphatic carbocycles. The first-order valence-corrected chi connectivity index (χ1v) is 4.55. The van der Waals surface area contributed by atoms with Crippen molar-refractivity contribution in [1.29, 1.82) is 5.26 Å². The van der Waals surface area contributed by atoms with Gasteiger partial charge in [-0.25, -0.2) is 4.39 Å². The highest BCUT2D eigenvalue weighted by Crippen LogP contribution is 2.31. The van der Waals surface area contributed by atoms with E-state index in [1.165, 1.54) is 6.92 Å². The zero-order chi connectivity index (χ0) is 13.1. The number of nitrogens with zero attached hydrogens (tertiary/aromatic N) is 2. The average molecular weight is 248 g/mol. The molecule has 1 aromatic heterocycles. The van der Waals surface area contributed by atoms with Crippen LogP contribution < -0.4 is 4.74 Å². The molecule has 0 spiro atoms. The molecule has 0 aliphatic heterocycles. The van der Waals surface area contributed by atoms with Gasteiger partial charge in [0.2, 0.25) is 0 Å². The van der Waals surface area contributed by atoms with Crippen molar-refractivity contribution >= 4 is 0 Å². The lowest BCUT2D eigenvalue weighted by molar-refractivity contribution is -0.275. The Hall–Kier alpha value is -1.84. The fraction of sp³-hybridized carbons (Fsp3) is 0.400. The van der Waals surface area contributed by atoms with Crippen LogP contribution in [0.5, 0.6) is 5.75 Å². The normalized spacial score (nSPS) is 11.1. The maximum Gasteiger partial charge on any atom is 0.573 e. The average Bonchev–Trinajstić information content (AvgIpc) is 2.22. The first-order chi connectivity index (χ1) is 7.89. The summed E-state index contributed by atoms with van der Waals surface area (Å²) >= 11 is 0. The van der Waals surface area contributed by atoms with Crippen molar-refractivity contribution in [3.63, 3.8) is 0 Å². The second kappa shape index (κ2) is 4.99. The van der Waals surface area contributed by atoms with E-state index in [4.69, 9.17) is 5.26 Å². The van der Waals surface area contributed by atoms with Crippen LogP contribution >= 0.6 is 0 Å². The molecule has 0 fully saturated rings. The van der Waals surface area contributed by atoms with Gasteiger partial charge >= 0.3 is 6.36 Å². The molecule has 1 rings (SSSR count). The van der Waals surface area contributed by atoms with Crippen molar-refractivity contribution < 1.29 is 22.3 Å². The van der Waals surface area contributed by atoms with Crippen LogP contribution in [0.4, 0.5) is 17.6 Å². The molecule has 0 aliphatic rings. The van der Waals surface area contributed by atoms with Crippen molar-refractivity contribution in [2.45, 2.75) is 26.4 Å². The van der Waals surface area contributed by atoms with E-state index in [0.29, 0.717) is 0 Å². The van der Waals surface area contributed by atoms with Gasteiger partial charge in [-0.15, -0.1) is 13.2 Å². The Labute approximate surface area is 94.6 Å². The topological polar surface area (TPSA) is 45.9 Å². The van der Waals surface area contributed by atoms with Crippen LogP contribution in [0.15, 0.2) is 6.20 Å². The monoisotopic (exact) mass is 248 g/mol. The van der Waals surface area contributed by atoms with E-state index < -0.39 is 18.8 Å². The highest BCUT2D eigenvalue weighted by atomic mass is 19.4. The second-order valence-electron chi connectivity index (χ2n) is 3.21. The van der Waals surface area contributed by atoms with Crippen molar-refractivity contribution in [1.82, 2.24) is 4.98 Å². The Morgan fingerprint density at radius 2 is 2.12 bits per heavy atom. The number of pyridine rings is 1. The third-order valence-electron chi connectivity index (χ3n) is 1.99. The van der Waals surface area contributed by atoms with Gasteiger partial charge in [0, 0.05) is 17.3 Å². The Balaban J connectivity index is 3.29.